The monoisotopic (exact) mass is 420 g/mol. The van der Waals surface area contributed by atoms with E-state index in [0.717, 1.165) is 56.1 Å². The van der Waals surface area contributed by atoms with Gasteiger partial charge in [0.15, 0.2) is 11.5 Å². The van der Waals surface area contributed by atoms with E-state index in [-0.39, 0.29) is 11.5 Å². The van der Waals surface area contributed by atoms with Crippen LogP contribution < -0.4 is 0 Å². The van der Waals surface area contributed by atoms with Gasteiger partial charge in [0, 0.05) is 5.56 Å². The van der Waals surface area contributed by atoms with E-state index in [1.54, 1.807) is 19.9 Å². The average Bonchev–Trinajstić information content (AvgIpc) is 2.64. The summed E-state index contributed by atoms with van der Waals surface area (Å²) in [6.07, 6.45) is 12.2. The number of hydrogen-bond acceptors (Lipinski definition) is 3. The maximum absolute atomic E-state index is 11.2. The largest absolute Gasteiger partial charge is 0.504 e. The summed E-state index contributed by atoms with van der Waals surface area (Å²) >= 11 is 0. The van der Waals surface area contributed by atoms with Gasteiger partial charge in [0.2, 0.25) is 0 Å². The average molecular weight is 421 g/mol. The second kappa shape index (κ2) is 12.2. The van der Waals surface area contributed by atoms with E-state index in [1.165, 1.54) is 25.7 Å². The highest BCUT2D eigenvalue weighted by Crippen LogP contribution is 2.34. The molecule has 0 spiro atoms. The van der Waals surface area contributed by atoms with Crippen LogP contribution in [0.15, 0.2) is 12.1 Å². The molecule has 0 fully saturated rings. The fourth-order valence-electron chi connectivity index (χ4n) is 3.83. The van der Waals surface area contributed by atoms with Crippen molar-refractivity contribution < 1.29 is 20.1 Å². The summed E-state index contributed by atoms with van der Waals surface area (Å²) < 4.78 is 0. The van der Waals surface area contributed by atoms with Gasteiger partial charge in [-0.05, 0) is 69.4 Å². The number of rotatable bonds is 14. The molecule has 1 aromatic rings. The quantitative estimate of drug-likeness (QED) is 0.219. The number of carboxylic acid groups (broad SMARTS) is 1. The van der Waals surface area contributed by atoms with Crippen molar-refractivity contribution in [2.24, 2.45) is 10.8 Å². The molecular weight excluding hydrogens is 376 g/mol. The first-order chi connectivity index (χ1) is 13.9. The Morgan fingerprint density at radius 2 is 1.30 bits per heavy atom. The molecule has 0 saturated heterocycles. The summed E-state index contributed by atoms with van der Waals surface area (Å²) in [5, 5.41) is 29.5. The van der Waals surface area contributed by atoms with Gasteiger partial charge >= 0.3 is 5.97 Å². The molecule has 30 heavy (non-hydrogen) atoms. The molecule has 172 valence electrons. The fourth-order valence-corrected chi connectivity index (χ4v) is 3.83. The van der Waals surface area contributed by atoms with Crippen molar-refractivity contribution in [1.82, 2.24) is 0 Å². The fraction of sp³-hybridized carbons (Fsp3) is 0.731. The van der Waals surface area contributed by atoms with Gasteiger partial charge in [0.1, 0.15) is 0 Å². The standard InChI is InChI=1S/C26H44O4/c1-25(2,3)18-12-8-6-10-14-20-16-17-22(27)23(28)21(20)15-11-7-9-13-19-26(4,5)24(29)30/h16-17,27-28H,6-15,18-19H2,1-5H3,(H,29,30). The molecule has 0 radical (unpaired) electrons. The third kappa shape index (κ3) is 9.86. The normalized spacial score (nSPS) is 12.3. The third-order valence-corrected chi connectivity index (χ3v) is 6.04. The topological polar surface area (TPSA) is 77.8 Å². The van der Waals surface area contributed by atoms with Crippen LogP contribution in [0.3, 0.4) is 0 Å². The van der Waals surface area contributed by atoms with Crippen molar-refractivity contribution >= 4 is 5.97 Å². The van der Waals surface area contributed by atoms with Crippen molar-refractivity contribution in [3.8, 4) is 11.5 Å². The Hall–Kier alpha value is -1.71. The predicted octanol–water partition coefficient (Wildman–Crippen LogP) is 7.24. The lowest BCUT2D eigenvalue weighted by atomic mass is 9.87. The van der Waals surface area contributed by atoms with Gasteiger partial charge in [-0.2, -0.15) is 0 Å². The maximum atomic E-state index is 11.2. The molecule has 1 aromatic carbocycles. The molecular formula is C26H44O4. The lowest BCUT2D eigenvalue weighted by molar-refractivity contribution is -0.147. The van der Waals surface area contributed by atoms with E-state index in [9.17, 15) is 20.1 Å². The highest BCUT2D eigenvalue weighted by Gasteiger charge is 2.25. The van der Waals surface area contributed by atoms with Gasteiger partial charge in [-0.25, -0.2) is 0 Å². The van der Waals surface area contributed by atoms with Crippen LogP contribution in [-0.2, 0) is 17.6 Å². The molecule has 4 heteroatoms. The zero-order valence-electron chi connectivity index (χ0n) is 19.9. The Morgan fingerprint density at radius 3 is 1.87 bits per heavy atom. The molecule has 0 amide bonds. The predicted molar refractivity (Wildman–Crippen MR) is 124 cm³/mol. The summed E-state index contributed by atoms with van der Waals surface area (Å²) in [4.78, 5) is 11.2. The molecule has 0 aliphatic heterocycles. The van der Waals surface area contributed by atoms with E-state index >= 15 is 0 Å². The summed E-state index contributed by atoms with van der Waals surface area (Å²) in [6, 6.07) is 3.55. The highest BCUT2D eigenvalue weighted by molar-refractivity contribution is 5.73. The maximum Gasteiger partial charge on any atom is 0.309 e. The van der Waals surface area contributed by atoms with Gasteiger partial charge in [0.25, 0.3) is 0 Å². The van der Waals surface area contributed by atoms with Crippen LogP contribution in [0, 0.1) is 10.8 Å². The van der Waals surface area contributed by atoms with Crippen LogP contribution in [0.2, 0.25) is 0 Å². The minimum Gasteiger partial charge on any atom is -0.504 e. The van der Waals surface area contributed by atoms with Crippen LogP contribution in [0.1, 0.15) is 110 Å². The van der Waals surface area contributed by atoms with Gasteiger partial charge in [-0.1, -0.05) is 65.4 Å². The van der Waals surface area contributed by atoms with Gasteiger partial charge < -0.3 is 15.3 Å². The smallest absolute Gasteiger partial charge is 0.309 e. The highest BCUT2D eigenvalue weighted by atomic mass is 16.4. The molecule has 0 aliphatic carbocycles. The lowest BCUT2D eigenvalue weighted by Gasteiger charge is -2.18. The first-order valence-electron chi connectivity index (χ1n) is 11.7. The summed E-state index contributed by atoms with van der Waals surface area (Å²) in [5.74, 6) is -0.746. The summed E-state index contributed by atoms with van der Waals surface area (Å²) in [7, 11) is 0. The Balaban J connectivity index is 2.44. The van der Waals surface area contributed by atoms with Crippen LogP contribution in [0.4, 0.5) is 0 Å². The van der Waals surface area contributed by atoms with E-state index in [0.29, 0.717) is 11.8 Å². The Morgan fingerprint density at radius 1 is 0.767 bits per heavy atom. The van der Waals surface area contributed by atoms with E-state index < -0.39 is 11.4 Å². The second-order valence-corrected chi connectivity index (χ2v) is 10.6. The first-order valence-corrected chi connectivity index (χ1v) is 11.7. The number of benzene rings is 1. The van der Waals surface area contributed by atoms with E-state index in [2.05, 4.69) is 20.8 Å². The van der Waals surface area contributed by atoms with E-state index in [4.69, 9.17) is 0 Å². The van der Waals surface area contributed by atoms with Crippen molar-refractivity contribution in [1.29, 1.82) is 0 Å². The molecule has 0 aromatic heterocycles. The molecule has 0 aliphatic rings. The molecule has 4 nitrogen and oxygen atoms in total. The lowest BCUT2D eigenvalue weighted by Crippen LogP contribution is -2.23. The molecule has 0 unspecified atom stereocenters. The minimum atomic E-state index is -0.741. The number of carbonyl (C=O) groups is 1. The van der Waals surface area contributed by atoms with Crippen molar-refractivity contribution in [2.75, 3.05) is 0 Å². The second-order valence-electron chi connectivity index (χ2n) is 10.6. The van der Waals surface area contributed by atoms with Gasteiger partial charge in [0.05, 0.1) is 5.41 Å². The third-order valence-electron chi connectivity index (χ3n) is 6.04. The van der Waals surface area contributed by atoms with E-state index in [1.807, 2.05) is 6.07 Å². The molecule has 0 heterocycles. The molecule has 3 N–H and O–H groups in total. The SMILES string of the molecule is CC(C)(C)CCCCCCc1ccc(O)c(O)c1CCCCCCC(C)(C)C(=O)O. The van der Waals surface area contributed by atoms with Crippen molar-refractivity contribution in [2.45, 2.75) is 112 Å². The zero-order valence-corrected chi connectivity index (χ0v) is 19.9. The van der Waals surface area contributed by atoms with Gasteiger partial charge in [-0.3, -0.25) is 4.79 Å². The zero-order chi connectivity index (χ0) is 22.8. The Bertz CT molecular complexity index is 656. The number of carboxylic acids is 1. The number of unbranched alkanes of at least 4 members (excludes halogenated alkanes) is 6. The summed E-state index contributed by atoms with van der Waals surface area (Å²) in [6.45, 7) is 10.4. The van der Waals surface area contributed by atoms with Crippen LogP contribution in [0.5, 0.6) is 11.5 Å². The molecule has 0 atom stereocenters. The number of aromatic hydroxyl groups is 2. The Labute approximate surface area is 183 Å². The number of phenolic OH excluding ortho intramolecular Hbond substituents is 2. The molecule has 0 saturated carbocycles. The molecule has 0 bridgehead atoms. The number of aliphatic carboxylic acids is 1. The summed E-state index contributed by atoms with van der Waals surface area (Å²) in [5.41, 5.74) is 1.77. The van der Waals surface area contributed by atoms with Crippen molar-refractivity contribution in [3.05, 3.63) is 23.3 Å². The number of aryl methyl sites for hydroxylation is 1. The Kier molecular flexibility index (Phi) is 10.7. The number of phenols is 2. The van der Waals surface area contributed by atoms with Crippen LogP contribution in [0.25, 0.3) is 0 Å². The van der Waals surface area contributed by atoms with Crippen LogP contribution >= 0.6 is 0 Å². The number of hydrogen-bond donors (Lipinski definition) is 3. The van der Waals surface area contributed by atoms with Crippen molar-refractivity contribution in [3.63, 3.8) is 0 Å². The van der Waals surface area contributed by atoms with Crippen LogP contribution in [-0.4, -0.2) is 21.3 Å². The minimum absolute atomic E-state index is 0.0345. The van der Waals surface area contributed by atoms with Gasteiger partial charge in [-0.15, -0.1) is 0 Å². The molecule has 1 rings (SSSR count). The first kappa shape index (κ1) is 26.3.